The molecule has 0 unspecified atom stereocenters. The second kappa shape index (κ2) is 8.47. The first-order valence-corrected chi connectivity index (χ1v) is 9.23. The summed E-state index contributed by atoms with van der Waals surface area (Å²) in [7, 11) is 0. The van der Waals surface area contributed by atoms with Gasteiger partial charge in [-0.2, -0.15) is 0 Å². The summed E-state index contributed by atoms with van der Waals surface area (Å²) >= 11 is 3.18. The van der Waals surface area contributed by atoms with Crippen molar-refractivity contribution in [2.45, 2.75) is 63.8 Å². The highest BCUT2D eigenvalue weighted by Gasteiger charge is 2.23. The van der Waals surface area contributed by atoms with Crippen molar-refractivity contribution in [2.24, 2.45) is 0 Å². The lowest BCUT2D eigenvalue weighted by molar-refractivity contribution is -0.0617. The largest absolute Gasteiger partial charge is 0.507 e. The van der Waals surface area contributed by atoms with Gasteiger partial charge in [0.25, 0.3) is 0 Å². The SMILES string of the molecule is C1CC(OC2CCNCC2)C1.CC(C)(O)c1ccc(O)c(Br)c1. The van der Waals surface area contributed by atoms with Crippen molar-refractivity contribution < 1.29 is 14.9 Å². The van der Waals surface area contributed by atoms with Gasteiger partial charge in [-0.25, -0.2) is 0 Å². The number of piperidine rings is 1. The fourth-order valence-electron chi connectivity index (χ4n) is 2.60. The number of hydrogen-bond acceptors (Lipinski definition) is 4. The van der Waals surface area contributed by atoms with Gasteiger partial charge in [-0.15, -0.1) is 0 Å². The average Bonchev–Trinajstić information content (AvgIpc) is 2.47. The Bertz CT molecular complexity index is 492. The van der Waals surface area contributed by atoms with Gasteiger partial charge in [0.1, 0.15) is 5.75 Å². The standard InChI is InChI=1S/C9H11BrO2.C9H17NO/c1-9(2,12)6-3-4-8(11)7(10)5-6;1-2-8(3-1)11-9-4-6-10-7-5-9/h3-5,11-12H,1-2H3;8-10H,1-7H2. The molecule has 2 aliphatic rings. The van der Waals surface area contributed by atoms with Crippen LogP contribution in [0.15, 0.2) is 22.7 Å². The highest BCUT2D eigenvalue weighted by Crippen LogP contribution is 2.29. The fraction of sp³-hybridized carbons (Fsp3) is 0.667. The number of phenolic OH excluding ortho intramolecular Hbond substituents is 1. The Morgan fingerprint density at radius 1 is 1.13 bits per heavy atom. The molecule has 1 aromatic rings. The Kier molecular flexibility index (Phi) is 6.89. The number of hydrogen-bond donors (Lipinski definition) is 3. The van der Waals surface area contributed by atoms with Gasteiger partial charge in [-0.05, 0) is 92.7 Å². The lowest BCUT2D eigenvalue weighted by Crippen LogP contribution is -2.36. The Hall–Kier alpha value is -0.620. The lowest BCUT2D eigenvalue weighted by atomic mass is 9.95. The molecular formula is C18H28BrNO3. The molecule has 0 bridgehead atoms. The fourth-order valence-corrected chi connectivity index (χ4v) is 2.98. The highest BCUT2D eigenvalue weighted by molar-refractivity contribution is 9.10. The van der Waals surface area contributed by atoms with Gasteiger partial charge in [0.05, 0.1) is 22.3 Å². The van der Waals surface area contributed by atoms with E-state index in [1.807, 2.05) is 0 Å². The van der Waals surface area contributed by atoms with Crippen molar-refractivity contribution >= 4 is 15.9 Å². The first-order valence-electron chi connectivity index (χ1n) is 8.44. The lowest BCUT2D eigenvalue weighted by Gasteiger charge is -2.32. The van der Waals surface area contributed by atoms with E-state index in [4.69, 9.17) is 4.74 Å². The molecule has 0 spiro atoms. The summed E-state index contributed by atoms with van der Waals surface area (Å²) in [6.07, 6.45) is 7.64. The van der Waals surface area contributed by atoms with Crippen LogP contribution in [0.25, 0.3) is 0 Å². The Balaban J connectivity index is 0.000000167. The molecule has 0 atom stereocenters. The van der Waals surface area contributed by atoms with Crippen LogP contribution in [-0.2, 0) is 10.3 Å². The normalized spacial score (nSPS) is 19.7. The molecule has 3 rings (SSSR count). The van der Waals surface area contributed by atoms with Gasteiger partial charge in [0.2, 0.25) is 0 Å². The maximum absolute atomic E-state index is 9.60. The maximum Gasteiger partial charge on any atom is 0.129 e. The number of aromatic hydroxyl groups is 1. The minimum atomic E-state index is -0.865. The third-order valence-corrected chi connectivity index (χ3v) is 5.01. The number of aliphatic hydroxyl groups is 1. The summed E-state index contributed by atoms with van der Waals surface area (Å²) in [4.78, 5) is 0. The molecule has 1 saturated heterocycles. The van der Waals surface area contributed by atoms with E-state index in [1.54, 1.807) is 32.0 Å². The summed E-state index contributed by atoms with van der Waals surface area (Å²) in [5.74, 6) is 0.183. The van der Waals surface area contributed by atoms with Crippen molar-refractivity contribution in [3.63, 3.8) is 0 Å². The zero-order chi connectivity index (χ0) is 16.9. The third-order valence-electron chi connectivity index (χ3n) is 4.38. The minimum absolute atomic E-state index is 0.183. The van der Waals surface area contributed by atoms with Crippen molar-refractivity contribution in [3.05, 3.63) is 28.2 Å². The molecule has 0 aromatic heterocycles. The van der Waals surface area contributed by atoms with E-state index in [9.17, 15) is 10.2 Å². The Labute approximate surface area is 147 Å². The first kappa shape index (κ1) is 18.7. The van der Waals surface area contributed by atoms with Gasteiger partial charge in [-0.1, -0.05) is 6.07 Å². The van der Waals surface area contributed by atoms with Crippen LogP contribution in [0.1, 0.15) is 51.5 Å². The topological polar surface area (TPSA) is 61.7 Å². The number of phenols is 1. The van der Waals surface area contributed by atoms with Crippen molar-refractivity contribution in [1.82, 2.24) is 5.32 Å². The van der Waals surface area contributed by atoms with Crippen molar-refractivity contribution in [2.75, 3.05) is 13.1 Å². The van der Waals surface area contributed by atoms with Crippen molar-refractivity contribution in [3.8, 4) is 5.75 Å². The van der Waals surface area contributed by atoms with E-state index in [2.05, 4.69) is 21.2 Å². The minimum Gasteiger partial charge on any atom is -0.507 e. The molecule has 130 valence electrons. The van der Waals surface area contributed by atoms with E-state index >= 15 is 0 Å². The van der Waals surface area contributed by atoms with E-state index in [1.165, 1.54) is 32.1 Å². The molecule has 4 nitrogen and oxygen atoms in total. The zero-order valence-electron chi connectivity index (χ0n) is 14.0. The Morgan fingerprint density at radius 2 is 1.74 bits per heavy atom. The molecule has 1 aliphatic heterocycles. The van der Waals surface area contributed by atoms with Crippen LogP contribution in [0.4, 0.5) is 0 Å². The van der Waals surface area contributed by atoms with Gasteiger partial charge >= 0.3 is 0 Å². The number of benzene rings is 1. The van der Waals surface area contributed by atoms with Crippen LogP contribution in [0.5, 0.6) is 5.75 Å². The molecule has 23 heavy (non-hydrogen) atoms. The third kappa shape index (κ3) is 6.07. The van der Waals surface area contributed by atoms with Crippen LogP contribution in [-0.4, -0.2) is 35.5 Å². The molecule has 5 heteroatoms. The van der Waals surface area contributed by atoms with Crippen LogP contribution in [0.3, 0.4) is 0 Å². The summed E-state index contributed by atoms with van der Waals surface area (Å²) in [5.41, 5.74) is -0.0943. The maximum atomic E-state index is 9.60. The molecule has 0 amide bonds. The predicted molar refractivity (Wildman–Crippen MR) is 95.7 cm³/mol. The summed E-state index contributed by atoms with van der Waals surface area (Å²) in [5, 5.41) is 22.1. The molecule has 3 N–H and O–H groups in total. The molecule has 1 aromatic carbocycles. The molecule has 2 fully saturated rings. The quantitative estimate of drug-likeness (QED) is 0.742. The molecular weight excluding hydrogens is 358 g/mol. The van der Waals surface area contributed by atoms with E-state index in [0.29, 0.717) is 16.7 Å². The average molecular weight is 386 g/mol. The number of ether oxygens (including phenoxy) is 1. The predicted octanol–water partition coefficient (Wildman–Crippen LogP) is 3.69. The van der Waals surface area contributed by atoms with E-state index in [0.717, 1.165) is 18.7 Å². The van der Waals surface area contributed by atoms with Crippen LogP contribution >= 0.6 is 15.9 Å². The zero-order valence-corrected chi connectivity index (χ0v) is 15.6. The van der Waals surface area contributed by atoms with E-state index < -0.39 is 5.60 Å². The summed E-state index contributed by atoms with van der Waals surface area (Å²) in [6.45, 7) is 5.70. The van der Waals surface area contributed by atoms with Gasteiger partial charge in [0, 0.05) is 0 Å². The number of halogens is 1. The molecule has 1 heterocycles. The number of nitrogens with one attached hydrogen (secondary N) is 1. The summed E-state index contributed by atoms with van der Waals surface area (Å²) < 4.78 is 6.49. The van der Waals surface area contributed by atoms with Crippen LogP contribution < -0.4 is 5.32 Å². The second-order valence-corrected chi connectivity index (χ2v) is 7.72. The number of rotatable bonds is 3. The van der Waals surface area contributed by atoms with Crippen LogP contribution in [0, 0.1) is 0 Å². The first-order chi connectivity index (χ1) is 10.9. The van der Waals surface area contributed by atoms with Crippen molar-refractivity contribution in [1.29, 1.82) is 0 Å². The Morgan fingerprint density at radius 3 is 2.22 bits per heavy atom. The monoisotopic (exact) mass is 385 g/mol. The van der Waals surface area contributed by atoms with Crippen LogP contribution in [0.2, 0.25) is 0 Å². The van der Waals surface area contributed by atoms with Gasteiger partial charge in [-0.3, -0.25) is 0 Å². The van der Waals surface area contributed by atoms with E-state index in [-0.39, 0.29) is 5.75 Å². The molecule has 1 aliphatic carbocycles. The van der Waals surface area contributed by atoms with Gasteiger partial charge < -0.3 is 20.3 Å². The summed E-state index contributed by atoms with van der Waals surface area (Å²) in [6, 6.07) is 4.95. The smallest absolute Gasteiger partial charge is 0.129 e. The highest BCUT2D eigenvalue weighted by atomic mass is 79.9. The van der Waals surface area contributed by atoms with Gasteiger partial charge in [0.15, 0.2) is 0 Å². The molecule has 1 saturated carbocycles. The second-order valence-electron chi connectivity index (χ2n) is 6.86. The molecule has 0 radical (unpaired) electrons.